The molecule has 0 amide bonds. The Bertz CT molecular complexity index is 756. The molecule has 1 saturated heterocycles. The van der Waals surface area contributed by atoms with Crippen molar-refractivity contribution in [1.29, 1.82) is 0 Å². The molecule has 1 aliphatic rings. The molecule has 3 rings (SSSR count). The molecule has 2 aromatic carbocycles. The van der Waals surface area contributed by atoms with Crippen LogP contribution in [0.3, 0.4) is 0 Å². The van der Waals surface area contributed by atoms with Gasteiger partial charge in [-0.1, -0.05) is 60.7 Å². The minimum absolute atomic E-state index is 0.460. The number of carbonyl (C=O) groups excluding carboxylic acids is 1. The van der Waals surface area contributed by atoms with Crippen LogP contribution in [0.2, 0.25) is 0 Å². The predicted molar refractivity (Wildman–Crippen MR) is 86.8 cm³/mol. The summed E-state index contributed by atoms with van der Waals surface area (Å²) in [5, 5.41) is 9.61. The molecule has 1 aliphatic heterocycles. The summed E-state index contributed by atoms with van der Waals surface area (Å²) in [6, 6.07) is 18.4. The largest absolute Gasteiger partial charge is 0.466 e. The lowest BCUT2D eigenvalue weighted by Gasteiger charge is -2.54. The number of methoxy groups -OCH3 is 1. The van der Waals surface area contributed by atoms with E-state index in [-0.39, 0.29) is 0 Å². The van der Waals surface area contributed by atoms with Crippen molar-refractivity contribution in [2.45, 2.75) is 18.3 Å². The molecule has 1 heterocycles. The fraction of sp³-hybridized carbons (Fsp3) is 0.211. The Morgan fingerprint density at radius 3 is 2.08 bits per heavy atom. The third-order valence-electron chi connectivity index (χ3n) is 4.29. The number of hydrogen-bond donors (Lipinski definition) is 1. The van der Waals surface area contributed by atoms with E-state index >= 15 is 0 Å². The molecule has 0 spiro atoms. The van der Waals surface area contributed by atoms with Gasteiger partial charge >= 0.3 is 5.97 Å². The topological polar surface area (TPSA) is 65.0 Å². The Morgan fingerprint density at radius 1 is 1.04 bits per heavy atom. The highest BCUT2D eigenvalue weighted by atomic mass is 17.2. The van der Waals surface area contributed by atoms with Gasteiger partial charge in [-0.3, -0.25) is 0 Å². The summed E-state index contributed by atoms with van der Waals surface area (Å²) in [7, 11) is 1.29. The Morgan fingerprint density at radius 2 is 1.58 bits per heavy atom. The Balaban J connectivity index is 2.13. The van der Waals surface area contributed by atoms with Gasteiger partial charge < -0.3 is 9.47 Å². The van der Waals surface area contributed by atoms with Crippen LogP contribution < -0.4 is 0 Å². The molecule has 0 aliphatic carbocycles. The molecule has 2 aromatic rings. The quantitative estimate of drug-likeness (QED) is 0.404. The number of ether oxygens (including phenoxy) is 2. The molecular formula is C19H18O5. The van der Waals surface area contributed by atoms with Crippen LogP contribution in [-0.4, -0.2) is 18.3 Å². The first-order chi connectivity index (χ1) is 11.6. The van der Waals surface area contributed by atoms with E-state index in [0.717, 1.165) is 5.56 Å². The Labute approximate surface area is 140 Å². The van der Waals surface area contributed by atoms with Gasteiger partial charge in [0, 0.05) is 17.2 Å². The van der Waals surface area contributed by atoms with Crippen LogP contribution in [0.25, 0.3) is 0 Å². The minimum Gasteiger partial charge on any atom is -0.466 e. The van der Waals surface area contributed by atoms with E-state index in [1.165, 1.54) is 13.2 Å². The van der Waals surface area contributed by atoms with Crippen LogP contribution in [0.1, 0.15) is 18.1 Å². The average molecular weight is 326 g/mol. The second-order valence-electron chi connectivity index (χ2n) is 5.66. The number of rotatable bonds is 4. The maximum Gasteiger partial charge on any atom is 0.330 e. The van der Waals surface area contributed by atoms with Gasteiger partial charge in [0.2, 0.25) is 0 Å². The zero-order valence-corrected chi connectivity index (χ0v) is 13.4. The van der Waals surface area contributed by atoms with Gasteiger partial charge in [0.25, 0.3) is 5.79 Å². The number of esters is 1. The summed E-state index contributed by atoms with van der Waals surface area (Å²) in [5.74, 6) is -2.09. The molecule has 2 atom stereocenters. The average Bonchev–Trinajstić information content (AvgIpc) is 2.65. The summed E-state index contributed by atoms with van der Waals surface area (Å²) in [6.07, 6.45) is 1.31. The highest BCUT2D eigenvalue weighted by molar-refractivity contribution is 5.84. The highest BCUT2D eigenvalue weighted by Crippen LogP contribution is 2.58. The maximum atomic E-state index is 11.9. The molecule has 1 fully saturated rings. The number of benzene rings is 2. The van der Waals surface area contributed by atoms with Gasteiger partial charge in [0.05, 0.1) is 7.11 Å². The summed E-state index contributed by atoms with van der Waals surface area (Å²) in [4.78, 5) is 16.6. The van der Waals surface area contributed by atoms with Crippen molar-refractivity contribution in [2.24, 2.45) is 0 Å². The fourth-order valence-electron chi connectivity index (χ4n) is 3.04. The summed E-state index contributed by atoms with van der Waals surface area (Å²) in [5.41, 5.74) is 0.954. The standard InChI is InChI=1S/C19H18O5/c1-18(14-9-5-3-6-10-14)16(13-17(20)22-2)19(23-18,24-21)15-11-7-4-8-12-15/h3-13,21H,1-2H3/b16-13-. The van der Waals surface area contributed by atoms with Crippen molar-refractivity contribution in [3.05, 3.63) is 83.4 Å². The normalized spacial score (nSPS) is 27.5. The third kappa shape index (κ3) is 2.43. The van der Waals surface area contributed by atoms with E-state index in [9.17, 15) is 10.1 Å². The van der Waals surface area contributed by atoms with E-state index in [1.54, 1.807) is 24.3 Å². The lowest BCUT2D eigenvalue weighted by molar-refractivity contribution is -0.459. The summed E-state index contributed by atoms with van der Waals surface area (Å²) < 4.78 is 10.8. The van der Waals surface area contributed by atoms with Gasteiger partial charge in [-0.15, -0.1) is 0 Å². The molecule has 0 aromatic heterocycles. The predicted octanol–water partition coefficient (Wildman–Crippen LogP) is 3.37. The molecule has 124 valence electrons. The molecule has 1 N–H and O–H groups in total. The van der Waals surface area contributed by atoms with Crippen molar-refractivity contribution in [3.8, 4) is 0 Å². The number of carbonyl (C=O) groups is 1. The SMILES string of the molecule is COC(=O)/C=C1/C(C)(c2ccccc2)OC1(OO)c1ccccc1. The van der Waals surface area contributed by atoms with Crippen LogP contribution in [0.5, 0.6) is 0 Å². The van der Waals surface area contributed by atoms with Gasteiger partial charge in [0.15, 0.2) is 0 Å². The Hall–Kier alpha value is -2.47. The van der Waals surface area contributed by atoms with Crippen molar-refractivity contribution in [3.63, 3.8) is 0 Å². The molecule has 0 radical (unpaired) electrons. The van der Waals surface area contributed by atoms with Crippen LogP contribution in [0.4, 0.5) is 0 Å². The van der Waals surface area contributed by atoms with E-state index in [2.05, 4.69) is 0 Å². The zero-order valence-electron chi connectivity index (χ0n) is 13.4. The van der Waals surface area contributed by atoms with E-state index in [4.69, 9.17) is 14.4 Å². The summed E-state index contributed by atoms with van der Waals surface area (Å²) >= 11 is 0. The van der Waals surface area contributed by atoms with Gasteiger partial charge in [-0.25, -0.2) is 10.1 Å². The van der Waals surface area contributed by atoms with E-state index in [1.807, 2.05) is 43.3 Å². The first-order valence-corrected chi connectivity index (χ1v) is 7.51. The molecule has 0 saturated carbocycles. The molecule has 0 bridgehead atoms. The van der Waals surface area contributed by atoms with Crippen LogP contribution >= 0.6 is 0 Å². The van der Waals surface area contributed by atoms with Crippen molar-refractivity contribution in [1.82, 2.24) is 0 Å². The van der Waals surface area contributed by atoms with Crippen LogP contribution in [-0.2, 0) is 30.5 Å². The second-order valence-corrected chi connectivity index (χ2v) is 5.66. The van der Waals surface area contributed by atoms with Crippen LogP contribution in [0.15, 0.2) is 72.3 Å². The smallest absolute Gasteiger partial charge is 0.330 e. The lowest BCUT2D eigenvalue weighted by atomic mass is 9.74. The third-order valence-corrected chi connectivity index (χ3v) is 4.29. The molecular weight excluding hydrogens is 308 g/mol. The zero-order chi connectivity index (χ0) is 17.2. The van der Waals surface area contributed by atoms with Crippen molar-refractivity contribution < 1.29 is 24.4 Å². The first-order valence-electron chi connectivity index (χ1n) is 7.51. The monoisotopic (exact) mass is 326 g/mol. The maximum absolute atomic E-state index is 11.9. The van der Waals surface area contributed by atoms with E-state index in [0.29, 0.717) is 11.1 Å². The lowest BCUT2D eigenvalue weighted by Crippen LogP contribution is -2.58. The van der Waals surface area contributed by atoms with Crippen molar-refractivity contribution >= 4 is 5.97 Å². The Kier molecular flexibility index (Phi) is 4.24. The second kappa shape index (κ2) is 6.20. The molecule has 5 heteroatoms. The van der Waals surface area contributed by atoms with Gasteiger partial charge in [0.1, 0.15) is 5.60 Å². The first kappa shape index (κ1) is 16.4. The minimum atomic E-state index is -1.54. The van der Waals surface area contributed by atoms with Crippen LogP contribution in [0, 0.1) is 0 Å². The van der Waals surface area contributed by atoms with Gasteiger partial charge in [-0.05, 0) is 12.5 Å². The fourth-order valence-corrected chi connectivity index (χ4v) is 3.04. The van der Waals surface area contributed by atoms with Gasteiger partial charge in [-0.2, -0.15) is 4.89 Å². The highest BCUT2D eigenvalue weighted by Gasteiger charge is 2.62. The summed E-state index contributed by atoms with van der Waals surface area (Å²) in [6.45, 7) is 1.82. The van der Waals surface area contributed by atoms with E-state index < -0.39 is 17.4 Å². The van der Waals surface area contributed by atoms with Crippen molar-refractivity contribution in [2.75, 3.05) is 7.11 Å². The molecule has 2 unspecified atom stereocenters. The molecule has 5 nitrogen and oxygen atoms in total. The number of hydrogen-bond acceptors (Lipinski definition) is 5. The molecule has 24 heavy (non-hydrogen) atoms.